The van der Waals surface area contributed by atoms with Gasteiger partial charge >= 0.3 is 5.97 Å². The summed E-state index contributed by atoms with van der Waals surface area (Å²) in [6.07, 6.45) is 1.88. The van der Waals surface area contributed by atoms with Crippen molar-refractivity contribution in [2.24, 2.45) is 0 Å². The maximum Gasteiger partial charge on any atom is 0.328 e. The molecule has 1 aromatic rings. The Balaban J connectivity index is 3.02. The highest BCUT2D eigenvalue weighted by molar-refractivity contribution is 5.80. The zero-order valence-corrected chi connectivity index (χ0v) is 10.7. The number of allylic oxidation sites excluding steroid dienone is 1. The van der Waals surface area contributed by atoms with Crippen LogP contribution in [0.5, 0.6) is 5.75 Å². The first-order valence-electron chi connectivity index (χ1n) is 5.48. The molecule has 0 unspecified atom stereocenters. The first kappa shape index (κ1) is 13.3. The number of carboxylic acid groups (broad SMARTS) is 1. The molecule has 0 aliphatic heterocycles. The minimum atomic E-state index is -0.903. The molecule has 0 aromatic heterocycles. The van der Waals surface area contributed by atoms with Gasteiger partial charge < -0.3 is 9.84 Å². The molecule has 0 heterocycles. The number of hydrogen-bond acceptors (Lipinski definition) is 2. The van der Waals surface area contributed by atoms with Crippen LogP contribution in [0.1, 0.15) is 23.6 Å². The monoisotopic (exact) mass is 234 g/mol. The summed E-state index contributed by atoms with van der Waals surface area (Å²) in [6, 6.07) is 4.03. The Morgan fingerprint density at radius 1 is 1.35 bits per heavy atom. The number of ether oxygens (including phenoxy) is 1. The van der Waals surface area contributed by atoms with Crippen molar-refractivity contribution in [2.75, 3.05) is 7.11 Å². The van der Waals surface area contributed by atoms with Gasteiger partial charge in [-0.15, -0.1) is 0 Å². The quantitative estimate of drug-likeness (QED) is 0.815. The topological polar surface area (TPSA) is 46.5 Å². The number of aliphatic carboxylic acids is 1. The van der Waals surface area contributed by atoms with E-state index in [4.69, 9.17) is 9.84 Å². The molecule has 0 aliphatic rings. The van der Waals surface area contributed by atoms with Gasteiger partial charge in [0.25, 0.3) is 0 Å². The molecular weight excluding hydrogens is 216 g/mol. The van der Waals surface area contributed by atoms with Crippen LogP contribution in [0.25, 0.3) is 0 Å². The van der Waals surface area contributed by atoms with Crippen LogP contribution in [0.3, 0.4) is 0 Å². The number of carbonyl (C=O) groups is 1. The van der Waals surface area contributed by atoms with Gasteiger partial charge in [0, 0.05) is 6.08 Å². The van der Waals surface area contributed by atoms with Gasteiger partial charge in [-0.3, -0.25) is 0 Å². The highest BCUT2D eigenvalue weighted by Crippen LogP contribution is 2.24. The zero-order valence-electron chi connectivity index (χ0n) is 10.7. The molecule has 3 nitrogen and oxygen atoms in total. The highest BCUT2D eigenvalue weighted by atomic mass is 16.5. The molecule has 0 fully saturated rings. The fourth-order valence-corrected chi connectivity index (χ4v) is 1.85. The van der Waals surface area contributed by atoms with Crippen molar-refractivity contribution in [3.8, 4) is 5.75 Å². The molecule has 0 saturated carbocycles. The molecule has 0 atom stereocenters. The Morgan fingerprint density at radius 2 is 2.00 bits per heavy atom. The molecule has 92 valence electrons. The Labute approximate surface area is 102 Å². The van der Waals surface area contributed by atoms with E-state index in [1.807, 2.05) is 26.8 Å². The Bertz CT molecular complexity index is 459. The predicted molar refractivity (Wildman–Crippen MR) is 67.6 cm³/mol. The van der Waals surface area contributed by atoms with Gasteiger partial charge in [0.2, 0.25) is 0 Å². The van der Waals surface area contributed by atoms with Crippen molar-refractivity contribution < 1.29 is 14.6 Å². The van der Waals surface area contributed by atoms with Gasteiger partial charge in [-0.05, 0) is 49.9 Å². The smallest absolute Gasteiger partial charge is 0.328 e. The molecule has 3 heteroatoms. The highest BCUT2D eigenvalue weighted by Gasteiger charge is 2.06. The van der Waals surface area contributed by atoms with Gasteiger partial charge in [-0.25, -0.2) is 4.79 Å². The van der Waals surface area contributed by atoms with Gasteiger partial charge in [0.05, 0.1) is 7.11 Å². The van der Waals surface area contributed by atoms with E-state index >= 15 is 0 Å². The lowest BCUT2D eigenvalue weighted by Crippen LogP contribution is -1.97. The third-order valence-corrected chi connectivity index (χ3v) is 2.69. The lowest BCUT2D eigenvalue weighted by Gasteiger charge is -2.11. The average molecular weight is 234 g/mol. The van der Waals surface area contributed by atoms with Crippen LogP contribution >= 0.6 is 0 Å². The molecule has 0 amide bonds. The first-order chi connectivity index (χ1) is 7.93. The van der Waals surface area contributed by atoms with Crippen molar-refractivity contribution in [3.63, 3.8) is 0 Å². The fraction of sp³-hybridized carbons (Fsp3) is 0.357. The lowest BCUT2D eigenvalue weighted by atomic mass is 9.98. The minimum absolute atomic E-state index is 0.634. The molecule has 1 aromatic carbocycles. The van der Waals surface area contributed by atoms with Crippen LogP contribution in [0.2, 0.25) is 0 Å². The second-order valence-corrected chi connectivity index (χ2v) is 4.25. The first-order valence-corrected chi connectivity index (χ1v) is 5.48. The summed E-state index contributed by atoms with van der Waals surface area (Å²) >= 11 is 0. The normalized spacial score (nSPS) is 11.4. The molecular formula is C14H18O3. The zero-order chi connectivity index (χ0) is 13.0. The van der Waals surface area contributed by atoms with E-state index in [1.54, 1.807) is 7.11 Å². The number of methoxy groups -OCH3 is 1. The Morgan fingerprint density at radius 3 is 2.53 bits per heavy atom. The standard InChI is InChI=1S/C14H18O3/c1-9(6-14(15)16)5-12-8-13(17-4)11(3)7-10(12)2/h6-8H,5H2,1-4H3,(H,15,16). The summed E-state index contributed by atoms with van der Waals surface area (Å²) in [6.45, 7) is 5.84. The van der Waals surface area contributed by atoms with Crippen LogP contribution in [-0.2, 0) is 11.2 Å². The maximum atomic E-state index is 10.6. The summed E-state index contributed by atoms with van der Waals surface area (Å²) in [7, 11) is 1.64. The molecule has 0 spiro atoms. The van der Waals surface area contributed by atoms with E-state index in [2.05, 4.69) is 6.07 Å². The van der Waals surface area contributed by atoms with E-state index in [9.17, 15) is 4.79 Å². The predicted octanol–water partition coefficient (Wildman–Crippen LogP) is 2.89. The van der Waals surface area contributed by atoms with Crippen LogP contribution in [-0.4, -0.2) is 18.2 Å². The van der Waals surface area contributed by atoms with Crippen LogP contribution in [0.15, 0.2) is 23.8 Å². The maximum absolute atomic E-state index is 10.6. The van der Waals surface area contributed by atoms with Crippen molar-refractivity contribution in [1.82, 2.24) is 0 Å². The van der Waals surface area contributed by atoms with Crippen molar-refractivity contribution in [3.05, 3.63) is 40.5 Å². The van der Waals surface area contributed by atoms with Crippen LogP contribution in [0, 0.1) is 13.8 Å². The summed E-state index contributed by atoms with van der Waals surface area (Å²) in [4.78, 5) is 10.6. The summed E-state index contributed by atoms with van der Waals surface area (Å²) in [5.74, 6) is -0.0621. The Hall–Kier alpha value is -1.77. The van der Waals surface area contributed by atoms with Crippen molar-refractivity contribution in [1.29, 1.82) is 0 Å². The lowest BCUT2D eigenvalue weighted by molar-refractivity contribution is -0.131. The SMILES string of the molecule is COc1cc(CC(C)=CC(=O)O)c(C)cc1C. The van der Waals surface area contributed by atoms with Gasteiger partial charge in [-0.1, -0.05) is 11.6 Å². The molecule has 1 rings (SSSR count). The molecule has 0 aliphatic carbocycles. The van der Waals surface area contributed by atoms with E-state index in [-0.39, 0.29) is 0 Å². The molecule has 17 heavy (non-hydrogen) atoms. The number of aryl methyl sites for hydroxylation is 2. The fourth-order valence-electron chi connectivity index (χ4n) is 1.85. The largest absolute Gasteiger partial charge is 0.496 e. The summed E-state index contributed by atoms with van der Waals surface area (Å²) in [5, 5.41) is 8.68. The van der Waals surface area contributed by atoms with E-state index in [1.165, 1.54) is 6.08 Å². The second-order valence-electron chi connectivity index (χ2n) is 4.25. The molecule has 1 N–H and O–H groups in total. The van der Waals surface area contributed by atoms with E-state index in [0.29, 0.717) is 6.42 Å². The molecule has 0 bridgehead atoms. The van der Waals surface area contributed by atoms with Gasteiger partial charge in [-0.2, -0.15) is 0 Å². The summed E-state index contributed by atoms with van der Waals surface area (Å²) in [5.41, 5.74) is 4.17. The van der Waals surface area contributed by atoms with Gasteiger partial charge in [0.15, 0.2) is 0 Å². The summed E-state index contributed by atoms with van der Waals surface area (Å²) < 4.78 is 5.27. The van der Waals surface area contributed by atoms with Crippen LogP contribution in [0.4, 0.5) is 0 Å². The van der Waals surface area contributed by atoms with E-state index < -0.39 is 5.97 Å². The van der Waals surface area contributed by atoms with E-state index in [0.717, 1.165) is 28.0 Å². The van der Waals surface area contributed by atoms with Crippen molar-refractivity contribution >= 4 is 5.97 Å². The van der Waals surface area contributed by atoms with Crippen LogP contribution < -0.4 is 4.74 Å². The number of rotatable bonds is 4. The number of benzene rings is 1. The minimum Gasteiger partial charge on any atom is -0.496 e. The third-order valence-electron chi connectivity index (χ3n) is 2.69. The molecule has 0 radical (unpaired) electrons. The Kier molecular flexibility index (Phi) is 4.32. The third kappa shape index (κ3) is 3.63. The average Bonchev–Trinajstić information content (AvgIpc) is 2.20. The molecule has 0 saturated heterocycles. The number of hydrogen-bond donors (Lipinski definition) is 1. The van der Waals surface area contributed by atoms with Crippen molar-refractivity contribution in [2.45, 2.75) is 27.2 Å². The second kappa shape index (κ2) is 5.53. The number of carboxylic acids is 1. The van der Waals surface area contributed by atoms with Gasteiger partial charge in [0.1, 0.15) is 5.75 Å².